The topological polar surface area (TPSA) is 78.4 Å². The molecule has 0 saturated heterocycles. The maximum atomic E-state index is 11.4. The van der Waals surface area contributed by atoms with E-state index in [4.69, 9.17) is 5.11 Å². The first-order chi connectivity index (χ1) is 8.11. The zero-order chi connectivity index (χ0) is 12.7. The average molecular weight is 301 g/mol. The number of anilines is 1. The molecule has 1 aromatic carbocycles. The van der Waals surface area contributed by atoms with E-state index in [1.807, 2.05) is 12.1 Å². The molecule has 0 spiro atoms. The van der Waals surface area contributed by atoms with Gasteiger partial charge in [0.2, 0.25) is 11.8 Å². The van der Waals surface area contributed by atoms with Crippen LogP contribution in [0.2, 0.25) is 0 Å². The number of benzene rings is 1. The monoisotopic (exact) mass is 300 g/mol. The Labute approximate surface area is 107 Å². The second-order valence-corrected chi connectivity index (χ2v) is 4.23. The summed E-state index contributed by atoms with van der Waals surface area (Å²) in [6, 6.07) is 7.19. The lowest BCUT2D eigenvalue weighted by Crippen LogP contribution is -2.29. The number of aliphatic hydroxyl groups is 1. The SMILES string of the molecule is O=C(CO)NCCC(=O)Nc1ccc(Br)cc1. The molecule has 92 valence electrons. The predicted octanol–water partition coefficient (Wildman–Crippen LogP) is 0.886. The van der Waals surface area contributed by atoms with Gasteiger partial charge in [0.05, 0.1) is 0 Å². The summed E-state index contributed by atoms with van der Waals surface area (Å²) in [7, 11) is 0. The summed E-state index contributed by atoms with van der Waals surface area (Å²) in [6.07, 6.45) is 0.168. The molecular formula is C11H13BrN2O3. The Balaban J connectivity index is 2.30. The lowest BCUT2D eigenvalue weighted by atomic mass is 10.3. The van der Waals surface area contributed by atoms with Crippen molar-refractivity contribution in [2.75, 3.05) is 18.5 Å². The number of aliphatic hydroxyl groups excluding tert-OH is 1. The largest absolute Gasteiger partial charge is 0.387 e. The number of halogens is 1. The first-order valence-electron chi connectivity index (χ1n) is 5.05. The van der Waals surface area contributed by atoms with Crippen LogP contribution in [0.25, 0.3) is 0 Å². The fraction of sp³-hybridized carbons (Fsp3) is 0.273. The van der Waals surface area contributed by atoms with E-state index >= 15 is 0 Å². The quantitative estimate of drug-likeness (QED) is 0.755. The highest BCUT2D eigenvalue weighted by molar-refractivity contribution is 9.10. The van der Waals surface area contributed by atoms with Gasteiger partial charge in [0.15, 0.2) is 0 Å². The first-order valence-corrected chi connectivity index (χ1v) is 5.84. The van der Waals surface area contributed by atoms with Crippen molar-refractivity contribution < 1.29 is 14.7 Å². The van der Waals surface area contributed by atoms with Crippen LogP contribution in [0.5, 0.6) is 0 Å². The summed E-state index contributed by atoms with van der Waals surface area (Å²) in [6.45, 7) is -0.351. The molecule has 0 saturated carbocycles. The van der Waals surface area contributed by atoms with Crippen LogP contribution in [0, 0.1) is 0 Å². The van der Waals surface area contributed by atoms with E-state index in [0.29, 0.717) is 5.69 Å². The molecular weight excluding hydrogens is 288 g/mol. The van der Waals surface area contributed by atoms with Gasteiger partial charge in [-0.3, -0.25) is 9.59 Å². The molecule has 6 heteroatoms. The molecule has 0 radical (unpaired) electrons. The molecule has 17 heavy (non-hydrogen) atoms. The van der Waals surface area contributed by atoms with E-state index < -0.39 is 12.5 Å². The minimum atomic E-state index is -0.561. The van der Waals surface area contributed by atoms with Crippen molar-refractivity contribution in [2.45, 2.75) is 6.42 Å². The van der Waals surface area contributed by atoms with E-state index in [1.54, 1.807) is 12.1 Å². The Kier molecular flexibility index (Phi) is 5.65. The van der Waals surface area contributed by atoms with Crippen molar-refractivity contribution in [3.8, 4) is 0 Å². The molecule has 0 unspecified atom stereocenters. The van der Waals surface area contributed by atoms with Gasteiger partial charge in [0.1, 0.15) is 6.61 Å². The van der Waals surface area contributed by atoms with Crippen molar-refractivity contribution in [2.24, 2.45) is 0 Å². The van der Waals surface area contributed by atoms with Crippen LogP contribution >= 0.6 is 15.9 Å². The van der Waals surface area contributed by atoms with Crippen molar-refractivity contribution in [3.05, 3.63) is 28.7 Å². The maximum absolute atomic E-state index is 11.4. The predicted molar refractivity (Wildman–Crippen MR) is 67.5 cm³/mol. The van der Waals surface area contributed by atoms with Crippen LogP contribution in [0.4, 0.5) is 5.69 Å². The Morgan fingerprint density at radius 3 is 2.41 bits per heavy atom. The molecule has 0 bridgehead atoms. The first kappa shape index (κ1) is 13.7. The lowest BCUT2D eigenvalue weighted by Gasteiger charge is -2.05. The third kappa shape index (κ3) is 5.46. The second-order valence-electron chi connectivity index (χ2n) is 3.31. The average Bonchev–Trinajstić information content (AvgIpc) is 2.32. The summed E-state index contributed by atoms with van der Waals surface area (Å²) in [5, 5.41) is 13.5. The number of hydrogen-bond donors (Lipinski definition) is 3. The van der Waals surface area contributed by atoms with Gasteiger partial charge in [-0.25, -0.2) is 0 Å². The van der Waals surface area contributed by atoms with Crippen LogP contribution in [-0.4, -0.2) is 30.1 Å². The van der Waals surface area contributed by atoms with E-state index in [1.165, 1.54) is 0 Å². The number of carbonyl (C=O) groups is 2. The van der Waals surface area contributed by atoms with Crippen LogP contribution in [0.15, 0.2) is 28.7 Å². The van der Waals surface area contributed by atoms with Gasteiger partial charge >= 0.3 is 0 Å². The summed E-state index contributed by atoms with van der Waals surface area (Å²) in [4.78, 5) is 22.1. The molecule has 1 rings (SSSR count). The van der Waals surface area contributed by atoms with Crippen LogP contribution in [-0.2, 0) is 9.59 Å². The lowest BCUT2D eigenvalue weighted by molar-refractivity contribution is -0.123. The molecule has 0 atom stereocenters. The van der Waals surface area contributed by atoms with Gasteiger partial charge in [0, 0.05) is 23.1 Å². The van der Waals surface area contributed by atoms with Crippen molar-refractivity contribution in [1.29, 1.82) is 0 Å². The van der Waals surface area contributed by atoms with E-state index in [2.05, 4.69) is 26.6 Å². The van der Waals surface area contributed by atoms with Gasteiger partial charge in [-0.05, 0) is 24.3 Å². The zero-order valence-corrected chi connectivity index (χ0v) is 10.7. The van der Waals surface area contributed by atoms with Crippen LogP contribution in [0.3, 0.4) is 0 Å². The Morgan fingerprint density at radius 2 is 1.82 bits per heavy atom. The highest BCUT2D eigenvalue weighted by Gasteiger charge is 2.03. The number of nitrogens with one attached hydrogen (secondary N) is 2. The maximum Gasteiger partial charge on any atom is 0.245 e. The van der Waals surface area contributed by atoms with Crippen LogP contribution < -0.4 is 10.6 Å². The smallest absolute Gasteiger partial charge is 0.245 e. The van der Waals surface area contributed by atoms with Crippen molar-refractivity contribution in [3.63, 3.8) is 0 Å². The molecule has 0 aliphatic carbocycles. The standard InChI is InChI=1S/C11H13BrN2O3/c12-8-1-3-9(4-2-8)14-10(16)5-6-13-11(17)7-15/h1-4,15H,5-7H2,(H,13,17)(H,14,16). The highest BCUT2D eigenvalue weighted by Crippen LogP contribution is 2.13. The Morgan fingerprint density at radius 1 is 1.18 bits per heavy atom. The van der Waals surface area contributed by atoms with Crippen molar-refractivity contribution >= 4 is 33.4 Å². The molecule has 0 fully saturated rings. The number of hydrogen-bond acceptors (Lipinski definition) is 3. The van der Waals surface area contributed by atoms with Gasteiger partial charge in [-0.15, -0.1) is 0 Å². The zero-order valence-electron chi connectivity index (χ0n) is 9.07. The summed E-state index contributed by atoms with van der Waals surface area (Å²) < 4.78 is 0.936. The number of amides is 2. The summed E-state index contributed by atoms with van der Waals surface area (Å²) in [5.41, 5.74) is 0.701. The molecule has 1 aromatic rings. The fourth-order valence-corrected chi connectivity index (χ4v) is 1.39. The Hall–Kier alpha value is -1.40. The van der Waals surface area contributed by atoms with Crippen molar-refractivity contribution in [1.82, 2.24) is 5.32 Å². The number of carbonyl (C=O) groups excluding carboxylic acids is 2. The minimum absolute atomic E-state index is 0.168. The van der Waals surface area contributed by atoms with Gasteiger partial charge in [-0.1, -0.05) is 15.9 Å². The molecule has 0 aliphatic rings. The van der Waals surface area contributed by atoms with E-state index in [0.717, 1.165) is 4.47 Å². The molecule has 2 amide bonds. The third-order valence-electron chi connectivity index (χ3n) is 1.95. The van der Waals surface area contributed by atoms with E-state index in [-0.39, 0.29) is 18.9 Å². The van der Waals surface area contributed by atoms with E-state index in [9.17, 15) is 9.59 Å². The summed E-state index contributed by atoms with van der Waals surface area (Å²) in [5.74, 6) is -0.674. The number of rotatable bonds is 5. The van der Waals surface area contributed by atoms with Gasteiger partial charge < -0.3 is 15.7 Å². The molecule has 0 heterocycles. The normalized spacial score (nSPS) is 9.76. The molecule has 0 aliphatic heterocycles. The summed E-state index contributed by atoms with van der Waals surface area (Å²) >= 11 is 3.29. The fourth-order valence-electron chi connectivity index (χ4n) is 1.13. The van der Waals surface area contributed by atoms with Gasteiger partial charge in [-0.2, -0.15) is 0 Å². The Bertz CT molecular complexity index is 392. The molecule has 0 aromatic heterocycles. The molecule has 3 N–H and O–H groups in total. The second kappa shape index (κ2) is 7.03. The van der Waals surface area contributed by atoms with Crippen LogP contribution in [0.1, 0.15) is 6.42 Å². The third-order valence-corrected chi connectivity index (χ3v) is 2.47. The van der Waals surface area contributed by atoms with Gasteiger partial charge in [0.25, 0.3) is 0 Å². The molecule has 5 nitrogen and oxygen atoms in total. The highest BCUT2D eigenvalue weighted by atomic mass is 79.9. The minimum Gasteiger partial charge on any atom is -0.387 e.